The molecule has 0 atom stereocenters. The normalized spacial score (nSPS) is 11.0. The number of nitrogens with zero attached hydrogens (tertiary/aromatic N) is 6. The van der Waals surface area contributed by atoms with Crippen LogP contribution in [0.15, 0.2) is 30.5 Å². The number of aromatic nitrogens is 4. The van der Waals surface area contributed by atoms with Gasteiger partial charge in [-0.25, -0.2) is 14.5 Å². The highest BCUT2D eigenvalue weighted by Crippen LogP contribution is 2.27. The third-order valence-electron chi connectivity index (χ3n) is 3.96. The molecular formula is C16H21ClN6O2. The fraction of sp³-hybridized carbons (Fsp3) is 0.375. The van der Waals surface area contributed by atoms with Crippen molar-refractivity contribution in [3.05, 3.63) is 40.6 Å². The smallest absolute Gasteiger partial charge is 0.343 e. The summed E-state index contributed by atoms with van der Waals surface area (Å²) in [5.74, 6) is 1.17. The molecule has 0 spiro atoms. The molecule has 1 aromatic carbocycles. The van der Waals surface area contributed by atoms with E-state index in [0.717, 1.165) is 24.1 Å². The molecule has 0 bridgehead atoms. The molecule has 3 rings (SSSR count). The van der Waals surface area contributed by atoms with Gasteiger partial charge in [0, 0.05) is 13.1 Å². The average Bonchev–Trinajstić information content (AvgIpc) is 3.13. The van der Waals surface area contributed by atoms with Gasteiger partial charge in [-0.3, -0.25) is 0 Å². The number of hydrogen-bond donors (Lipinski definition) is 0. The predicted molar refractivity (Wildman–Crippen MR) is 99.1 cm³/mol. The summed E-state index contributed by atoms with van der Waals surface area (Å²) >= 11 is 0. The van der Waals surface area contributed by atoms with E-state index < -0.39 is 4.92 Å². The topological polar surface area (TPSA) is 82.0 Å². The maximum absolute atomic E-state index is 11.2. The van der Waals surface area contributed by atoms with E-state index in [9.17, 15) is 10.1 Å². The Morgan fingerprint density at radius 2 is 1.92 bits per heavy atom. The first kappa shape index (κ1) is 18.9. The van der Waals surface area contributed by atoms with E-state index in [0.29, 0.717) is 18.2 Å². The molecule has 0 radical (unpaired) electrons. The lowest BCUT2D eigenvalue weighted by Gasteiger charge is -2.12. The van der Waals surface area contributed by atoms with Crippen LogP contribution in [0.5, 0.6) is 0 Å². The van der Waals surface area contributed by atoms with E-state index in [4.69, 9.17) is 0 Å². The lowest BCUT2D eigenvalue weighted by Crippen LogP contribution is -2.19. The summed E-state index contributed by atoms with van der Waals surface area (Å²) in [5.41, 5.74) is 1.86. The second-order valence-electron chi connectivity index (χ2n) is 5.82. The van der Waals surface area contributed by atoms with Gasteiger partial charge in [-0.05, 0) is 38.1 Å². The summed E-state index contributed by atoms with van der Waals surface area (Å²) in [6.45, 7) is 3.89. The standard InChI is InChI=1S/C16H20N6O2.ClH/c1-4-20-14(22(23)24)11-17-15(20)16-18-12-7-5-6-8-13(12)21(16)10-9-19(2)3;/h5-8,11H,4,9-10H2,1-3H3;1H. The van der Waals surface area contributed by atoms with Crippen molar-refractivity contribution in [2.45, 2.75) is 20.0 Å². The maximum Gasteiger partial charge on any atom is 0.343 e. The van der Waals surface area contributed by atoms with Gasteiger partial charge in [0.15, 0.2) is 0 Å². The summed E-state index contributed by atoms with van der Waals surface area (Å²) in [5, 5.41) is 11.2. The van der Waals surface area contributed by atoms with E-state index in [2.05, 4.69) is 19.4 Å². The molecule has 3 aromatic rings. The molecule has 0 aliphatic carbocycles. The van der Waals surface area contributed by atoms with Crippen LogP contribution in [0.2, 0.25) is 0 Å². The van der Waals surface area contributed by atoms with Gasteiger partial charge in [0.05, 0.1) is 17.6 Å². The zero-order chi connectivity index (χ0) is 17.3. The quantitative estimate of drug-likeness (QED) is 0.496. The van der Waals surface area contributed by atoms with Crippen molar-refractivity contribution in [2.24, 2.45) is 0 Å². The minimum absolute atomic E-state index is 0. The molecule has 0 saturated carbocycles. The first-order valence-electron chi connectivity index (χ1n) is 7.83. The van der Waals surface area contributed by atoms with Crippen molar-refractivity contribution in [3.63, 3.8) is 0 Å². The van der Waals surface area contributed by atoms with Gasteiger partial charge in [0.1, 0.15) is 6.20 Å². The summed E-state index contributed by atoms with van der Waals surface area (Å²) in [4.78, 5) is 21.9. The van der Waals surface area contributed by atoms with Crippen LogP contribution in [0.25, 0.3) is 22.7 Å². The van der Waals surface area contributed by atoms with Crippen LogP contribution in [-0.4, -0.2) is 49.6 Å². The van der Waals surface area contributed by atoms with Gasteiger partial charge in [0.2, 0.25) is 5.82 Å². The SMILES string of the molecule is CCn1c([N+](=O)[O-])cnc1-c1nc2ccccc2n1CCN(C)C.Cl. The van der Waals surface area contributed by atoms with Crippen molar-refractivity contribution in [1.29, 1.82) is 0 Å². The largest absolute Gasteiger partial charge is 0.358 e. The Balaban J connectivity index is 0.00000225. The molecule has 0 aliphatic rings. The molecule has 0 saturated heterocycles. The monoisotopic (exact) mass is 364 g/mol. The molecule has 0 fully saturated rings. The number of likely N-dealkylation sites (N-methyl/N-ethyl adjacent to an activating group) is 1. The Morgan fingerprint density at radius 3 is 2.56 bits per heavy atom. The minimum Gasteiger partial charge on any atom is -0.358 e. The van der Waals surface area contributed by atoms with E-state index in [1.165, 1.54) is 6.20 Å². The lowest BCUT2D eigenvalue weighted by atomic mass is 10.3. The second kappa shape index (κ2) is 7.62. The zero-order valence-corrected chi connectivity index (χ0v) is 15.2. The summed E-state index contributed by atoms with van der Waals surface area (Å²) in [7, 11) is 4.02. The van der Waals surface area contributed by atoms with Crippen LogP contribution in [0.1, 0.15) is 6.92 Å². The van der Waals surface area contributed by atoms with Gasteiger partial charge in [-0.15, -0.1) is 12.4 Å². The third-order valence-corrected chi connectivity index (χ3v) is 3.96. The van der Waals surface area contributed by atoms with Crippen molar-refractivity contribution in [3.8, 4) is 11.6 Å². The number of rotatable bonds is 6. The Kier molecular flexibility index (Phi) is 5.76. The molecule has 0 N–H and O–H groups in total. The van der Waals surface area contributed by atoms with E-state index in [1.807, 2.05) is 45.3 Å². The van der Waals surface area contributed by atoms with Crippen LogP contribution in [0.4, 0.5) is 5.82 Å². The molecule has 9 heteroatoms. The third kappa shape index (κ3) is 3.49. The summed E-state index contributed by atoms with van der Waals surface area (Å²) in [6, 6.07) is 7.85. The Labute approximate surface area is 151 Å². The number of halogens is 1. The van der Waals surface area contributed by atoms with Gasteiger partial charge in [-0.2, -0.15) is 0 Å². The first-order valence-corrected chi connectivity index (χ1v) is 7.83. The molecule has 0 amide bonds. The van der Waals surface area contributed by atoms with E-state index in [-0.39, 0.29) is 18.2 Å². The average molecular weight is 365 g/mol. The fourth-order valence-electron chi connectivity index (χ4n) is 2.78. The van der Waals surface area contributed by atoms with Crippen LogP contribution in [0, 0.1) is 10.1 Å². The van der Waals surface area contributed by atoms with E-state index >= 15 is 0 Å². The highest BCUT2D eigenvalue weighted by molar-refractivity contribution is 5.85. The molecule has 0 aliphatic heterocycles. The number of imidazole rings is 2. The van der Waals surface area contributed by atoms with Crippen molar-refractivity contribution < 1.29 is 4.92 Å². The van der Waals surface area contributed by atoms with Gasteiger partial charge >= 0.3 is 5.82 Å². The molecule has 134 valence electrons. The van der Waals surface area contributed by atoms with Crippen LogP contribution >= 0.6 is 12.4 Å². The van der Waals surface area contributed by atoms with Gasteiger partial charge in [0.25, 0.3) is 5.82 Å². The van der Waals surface area contributed by atoms with Crippen molar-refractivity contribution >= 4 is 29.3 Å². The highest BCUT2D eigenvalue weighted by atomic mass is 35.5. The highest BCUT2D eigenvalue weighted by Gasteiger charge is 2.25. The molecule has 8 nitrogen and oxygen atoms in total. The number of nitro groups is 1. The molecule has 0 unspecified atom stereocenters. The zero-order valence-electron chi connectivity index (χ0n) is 14.4. The predicted octanol–water partition coefficient (Wildman–Crippen LogP) is 2.81. The second-order valence-corrected chi connectivity index (χ2v) is 5.82. The molecule has 2 heterocycles. The molecular weight excluding hydrogens is 344 g/mol. The van der Waals surface area contributed by atoms with Crippen molar-refractivity contribution in [1.82, 2.24) is 24.0 Å². The minimum atomic E-state index is -0.410. The molecule has 25 heavy (non-hydrogen) atoms. The van der Waals surface area contributed by atoms with Gasteiger partial charge in [-0.1, -0.05) is 12.1 Å². The Hall–Kier alpha value is -2.45. The van der Waals surface area contributed by atoms with Gasteiger partial charge < -0.3 is 19.6 Å². The first-order chi connectivity index (χ1) is 11.5. The fourth-order valence-corrected chi connectivity index (χ4v) is 2.78. The maximum atomic E-state index is 11.2. The van der Waals surface area contributed by atoms with Crippen LogP contribution in [0.3, 0.4) is 0 Å². The van der Waals surface area contributed by atoms with Crippen molar-refractivity contribution in [2.75, 3.05) is 20.6 Å². The number of fused-ring (bicyclic) bond motifs is 1. The van der Waals surface area contributed by atoms with Crippen LogP contribution in [-0.2, 0) is 13.1 Å². The Bertz CT molecular complexity index is 886. The molecule has 2 aromatic heterocycles. The lowest BCUT2D eigenvalue weighted by molar-refractivity contribution is -0.392. The number of hydrogen-bond acceptors (Lipinski definition) is 5. The Morgan fingerprint density at radius 1 is 1.20 bits per heavy atom. The summed E-state index contributed by atoms with van der Waals surface area (Å²) in [6.07, 6.45) is 1.30. The number of benzene rings is 1. The van der Waals surface area contributed by atoms with E-state index in [1.54, 1.807) is 4.57 Å². The number of para-hydroxylation sites is 2. The summed E-state index contributed by atoms with van der Waals surface area (Å²) < 4.78 is 3.67. The van der Waals surface area contributed by atoms with Crippen LogP contribution < -0.4 is 0 Å².